The molecule has 52 valence electrons. The highest BCUT2D eigenvalue weighted by Crippen LogP contribution is 2.34. The van der Waals surface area contributed by atoms with Crippen molar-refractivity contribution in [1.29, 1.82) is 0 Å². The van der Waals surface area contributed by atoms with Crippen LogP contribution in [0.1, 0.15) is 0 Å². The van der Waals surface area contributed by atoms with Crippen molar-refractivity contribution in [2.45, 2.75) is 5.25 Å². The average molecular weight is 151 g/mol. The summed E-state index contributed by atoms with van der Waals surface area (Å²) in [6.07, 6.45) is 8.47. The number of nitrogens with two attached hydrogens (primary N) is 1. The van der Waals surface area contributed by atoms with Crippen molar-refractivity contribution >= 4 is 11.8 Å². The zero-order valence-corrected chi connectivity index (χ0v) is 6.34. The molecule has 2 heteroatoms. The summed E-state index contributed by atoms with van der Waals surface area (Å²) in [6.45, 7) is 0. The van der Waals surface area contributed by atoms with E-state index in [1.165, 1.54) is 0 Å². The highest BCUT2D eigenvalue weighted by molar-refractivity contribution is 8.03. The van der Waals surface area contributed by atoms with E-state index in [-0.39, 0.29) is 0 Å². The topological polar surface area (TPSA) is 26.0 Å². The van der Waals surface area contributed by atoms with Crippen LogP contribution in [0.25, 0.3) is 0 Å². The number of hydrogen-bond donors (Lipinski definition) is 1. The Morgan fingerprint density at radius 2 is 2.30 bits per heavy atom. The molecule has 0 aromatic heterocycles. The lowest BCUT2D eigenvalue weighted by molar-refractivity contribution is 0.842. The zero-order chi connectivity index (χ0) is 6.97. The molecule has 2 aliphatic rings. The average Bonchev–Trinajstić information content (AvgIpc) is 2.33. The van der Waals surface area contributed by atoms with Crippen molar-refractivity contribution in [3.05, 3.63) is 35.4 Å². The Morgan fingerprint density at radius 3 is 3.20 bits per heavy atom. The van der Waals surface area contributed by atoms with Crippen LogP contribution in [0, 0.1) is 5.92 Å². The predicted octanol–water partition coefficient (Wildman–Crippen LogP) is 1.64. The number of hydrogen-bond acceptors (Lipinski definition) is 2. The van der Waals surface area contributed by atoms with Gasteiger partial charge in [0.05, 0.1) is 0 Å². The number of thioether (sulfide) groups is 1. The fourth-order valence-electron chi connectivity index (χ4n) is 1.23. The highest BCUT2D eigenvalue weighted by atomic mass is 32.2. The lowest BCUT2D eigenvalue weighted by Crippen LogP contribution is -2.12. The third kappa shape index (κ3) is 0.886. The summed E-state index contributed by atoms with van der Waals surface area (Å²) >= 11 is 1.86. The molecule has 1 aliphatic carbocycles. The molecule has 2 atom stereocenters. The van der Waals surface area contributed by atoms with Gasteiger partial charge in [0, 0.05) is 16.9 Å². The van der Waals surface area contributed by atoms with Crippen molar-refractivity contribution in [3.63, 3.8) is 0 Å². The maximum atomic E-state index is 5.62. The minimum Gasteiger partial charge on any atom is -0.399 e. The molecule has 1 nitrogen and oxygen atoms in total. The van der Waals surface area contributed by atoms with Gasteiger partial charge in [0.2, 0.25) is 0 Å². The molecule has 2 N–H and O–H groups in total. The van der Waals surface area contributed by atoms with E-state index in [1.54, 1.807) is 0 Å². The van der Waals surface area contributed by atoms with Crippen LogP contribution in [0.5, 0.6) is 0 Å². The molecule has 0 bridgehead atoms. The Bertz CT molecular complexity index is 227. The van der Waals surface area contributed by atoms with E-state index in [1.807, 2.05) is 17.8 Å². The quantitative estimate of drug-likeness (QED) is 0.569. The van der Waals surface area contributed by atoms with Crippen molar-refractivity contribution in [3.8, 4) is 0 Å². The number of rotatable bonds is 0. The van der Waals surface area contributed by atoms with Crippen molar-refractivity contribution in [1.82, 2.24) is 0 Å². The molecule has 0 aromatic rings. The van der Waals surface area contributed by atoms with Gasteiger partial charge in [0.15, 0.2) is 0 Å². The molecule has 0 fully saturated rings. The van der Waals surface area contributed by atoms with E-state index in [4.69, 9.17) is 5.73 Å². The summed E-state index contributed by atoms with van der Waals surface area (Å²) in [7, 11) is 0. The number of fused-ring (bicyclic) bond motifs is 1. The Morgan fingerprint density at radius 1 is 1.40 bits per heavy atom. The molecule has 1 aliphatic heterocycles. The molecule has 0 amide bonds. The van der Waals surface area contributed by atoms with Gasteiger partial charge in [-0.3, -0.25) is 0 Å². The lowest BCUT2D eigenvalue weighted by Gasteiger charge is -2.15. The van der Waals surface area contributed by atoms with Gasteiger partial charge in [0.1, 0.15) is 0 Å². The summed E-state index contributed by atoms with van der Waals surface area (Å²) in [5, 5.41) is 2.77. The van der Waals surface area contributed by atoms with E-state index in [9.17, 15) is 0 Å². The first kappa shape index (κ1) is 6.10. The van der Waals surface area contributed by atoms with Crippen LogP contribution >= 0.6 is 11.8 Å². The van der Waals surface area contributed by atoms with Crippen LogP contribution in [-0.4, -0.2) is 5.25 Å². The lowest BCUT2D eigenvalue weighted by atomic mass is 9.99. The fourth-order valence-corrected chi connectivity index (χ4v) is 2.21. The smallest absolute Gasteiger partial charge is 0.0370 e. The van der Waals surface area contributed by atoms with Gasteiger partial charge in [-0.25, -0.2) is 0 Å². The third-order valence-electron chi connectivity index (χ3n) is 1.78. The minimum atomic E-state index is 0.551. The molecule has 2 unspecified atom stereocenters. The van der Waals surface area contributed by atoms with Gasteiger partial charge in [-0.05, 0) is 11.5 Å². The fraction of sp³-hybridized carbons (Fsp3) is 0.250. The Kier molecular flexibility index (Phi) is 1.34. The van der Waals surface area contributed by atoms with Crippen molar-refractivity contribution < 1.29 is 0 Å². The van der Waals surface area contributed by atoms with Gasteiger partial charge in [0.25, 0.3) is 0 Å². The first-order valence-electron chi connectivity index (χ1n) is 3.34. The van der Waals surface area contributed by atoms with Gasteiger partial charge in [-0.15, -0.1) is 11.8 Å². The van der Waals surface area contributed by atoms with Crippen LogP contribution in [0.4, 0.5) is 0 Å². The summed E-state index contributed by atoms with van der Waals surface area (Å²) in [6, 6.07) is 0. The molecule has 0 radical (unpaired) electrons. The molecule has 0 aromatic carbocycles. The number of allylic oxidation sites excluding steroid dienone is 3. The molecular weight excluding hydrogens is 142 g/mol. The minimum absolute atomic E-state index is 0.551. The molecule has 0 spiro atoms. The summed E-state index contributed by atoms with van der Waals surface area (Å²) < 4.78 is 0. The Balaban J connectivity index is 2.26. The second-order valence-corrected chi connectivity index (χ2v) is 3.62. The summed E-state index contributed by atoms with van der Waals surface area (Å²) in [5.41, 5.74) is 6.52. The Hall–Kier alpha value is -0.630. The zero-order valence-electron chi connectivity index (χ0n) is 5.53. The Labute approximate surface area is 64.7 Å². The standard InChI is InChI=1S/C8H9NS/c9-7-1-2-8-6(5-7)3-4-10-8/h1-6,8H,9H2. The highest BCUT2D eigenvalue weighted by Gasteiger charge is 2.21. The largest absolute Gasteiger partial charge is 0.399 e. The van der Waals surface area contributed by atoms with E-state index in [2.05, 4.69) is 23.6 Å². The van der Waals surface area contributed by atoms with Gasteiger partial charge < -0.3 is 5.73 Å². The van der Waals surface area contributed by atoms with E-state index < -0.39 is 0 Å². The second-order valence-electron chi connectivity index (χ2n) is 2.53. The molecule has 2 rings (SSSR count). The van der Waals surface area contributed by atoms with E-state index in [0.717, 1.165) is 5.70 Å². The van der Waals surface area contributed by atoms with Crippen LogP contribution in [-0.2, 0) is 0 Å². The normalized spacial score (nSPS) is 35.8. The molecule has 0 saturated carbocycles. The van der Waals surface area contributed by atoms with Crippen LogP contribution in [0.15, 0.2) is 35.4 Å². The predicted molar refractivity (Wildman–Crippen MR) is 45.4 cm³/mol. The second kappa shape index (κ2) is 2.20. The van der Waals surface area contributed by atoms with Crippen LogP contribution < -0.4 is 5.73 Å². The van der Waals surface area contributed by atoms with Crippen LogP contribution in [0.3, 0.4) is 0 Å². The monoisotopic (exact) mass is 151 g/mol. The summed E-state index contributed by atoms with van der Waals surface area (Å²) in [4.78, 5) is 0. The first-order chi connectivity index (χ1) is 4.86. The third-order valence-corrected chi connectivity index (χ3v) is 2.88. The van der Waals surface area contributed by atoms with Gasteiger partial charge in [-0.1, -0.05) is 18.2 Å². The molecule has 10 heavy (non-hydrogen) atoms. The van der Waals surface area contributed by atoms with Crippen molar-refractivity contribution in [2.24, 2.45) is 11.7 Å². The van der Waals surface area contributed by atoms with E-state index in [0.29, 0.717) is 11.2 Å². The SMILES string of the molecule is NC1=CC2C=CSC2C=C1. The summed E-state index contributed by atoms with van der Waals surface area (Å²) in [5.74, 6) is 0.551. The van der Waals surface area contributed by atoms with Gasteiger partial charge >= 0.3 is 0 Å². The molecule has 0 saturated heterocycles. The first-order valence-corrected chi connectivity index (χ1v) is 4.28. The van der Waals surface area contributed by atoms with Crippen LogP contribution in [0.2, 0.25) is 0 Å². The maximum Gasteiger partial charge on any atom is 0.0370 e. The van der Waals surface area contributed by atoms with Gasteiger partial charge in [-0.2, -0.15) is 0 Å². The molecule has 1 heterocycles. The maximum absolute atomic E-state index is 5.62. The molecular formula is C8H9NS. The van der Waals surface area contributed by atoms with Crippen molar-refractivity contribution in [2.75, 3.05) is 0 Å². The van der Waals surface area contributed by atoms with E-state index >= 15 is 0 Å².